The van der Waals surface area contributed by atoms with Crippen molar-refractivity contribution in [2.75, 3.05) is 31.7 Å². The van der Waals surface area contributed by atoms with Gasteiger partial charge in [0.2, 0.25) is 10.0 Å². The molecule has 20 heavy (non-hydrogen) atoms. The number of hydrogen-bond donors (Lipinski definition) is 3. The van der Waals surface area contributed by atoms with Crippen LogP contribution in [-0.2, 0) is 10.0 Å². The maximum atomic E-state index is 11.5. The van der Waals surface area contributed by atoms with E-state index in [0.29, 0.717) is 11.6 Å². The highest BCUT2D eigenvalue weighted by Crippen LogP contribution is 2.27. The number of nitrogens with two attached hydrogens (primary N) is 2. The van der Waals surface area contributed by atoms with E-state index in [0.717, 1.165) is 6.54 Å². The Balaban J connectivity index is 3.08. The van der Waals surface area contributed by atoms with Crippen molar-refractivity contribution in [1.82, 2.24) is 4.90 Å². The van der Waals surface area contributed by atoms with Crippen molar-refractivity contribution >= 4 is 21.4 Å². The smallest absolute Gasteiger partial charge is 0.240 e. The van der Waals surface area contributed by atoms with E-state index in [9.17, 15) is 8.42 Å². The third kappa shape index (κ3) is 4.36. The molecule has 1 unspecified atom stereocenters. The zero-order valence-corrected chi connectivity index (χ0v) is 13.2. The fourth-order valence-corrected chi connectivity index (χ4v) is 2.62. The number of nitrogens with one attached hydrogen (secondary N) is 1. The fraction of sp³-hybridized carbons (Fsp3) is 0.538. The van der Waals surface area contributed by atoms with Crippen molar-refractivity contribution in [2.45, 2.75) is 24.8 Å². The Morgan fingerprint density at radius 2 is 1.90 bits per heavy atom. The second-order valence-electron chi connectivity index (χ2n) is 5.52. The first-order chi connectivity index (χ1) is 9.12. The van der Waals surface area contributed by atoms with Crippen LogP contribution < -0.4 is 16.2 Å². The maximum Gasteiger partial charge on any atom is 0.240 e. The third-order valence-corrected chi connectivity index (χ3v) is 4.05. The number of nitrogens with zero attached hydrogens (tertiary/aromatic N) is 1. The highest BCUT2D eigenvalue weighted by molar-refractivity contribution is 7.89. The third-order valence-electron chi connectivity index (χ3n) is 3.08. The van der Waals surface area contributed by atoms with E-state index in [1.165, 1.54) is 6.07 Å². The Bertz CT molecular complexity index is 555. The molecule has 0 radical (unpaired) electrons. The summed E-state index contributed by atoms with van der Waals surface area (Å²) >= 11 is 0. The minimum Gasteiger partial charge on any atom is -0.396 e. The summed E-state index contributed by atoms with van der Waals surface area (Å²) in [6, 6.07) is 4.95. The Hall–Kier alpha value is -1.31. The van der Waals surface area contributed by atoms with Gasteiger partial charge in [0.05, 0.1) is 11.4 Å². The molecule has 0 saturated carbocycles. The zero-order chi connectivity index (χ0) is 15.5. The molecule has 0 fully saturated rings. The van der Waals surface area contributed by atoms with Crippen molar-refractivity contribution in [2.24, 2.45) is 11.1 Å². The Labute approximate surface area is 121 Å². The van der Waals surface area contributed by atoms with Crippen molar-refractivity contribution < 1.29 is 8.42 Å². The highest BCUT2D eigenvalue weighted by Gasteiger charge is 2.19. The van der Waals surface area contributed by atoms with Crippen LogP contribution in [0.15, 0.2) is 23.1 Å². The minimum absolute atomic E-state index is 0.0464. The molecule has 1 atom stereocenters. The van der Waals surface area contributed by atoms with E-state index in [-0.39, 0.29) is 16.6 Å². The lowest BCUT2D eigenvalue weighted by atomic mass is 10.0. The summed E-state index contributed by atoms with van der Waals surface area (Å²) in [5.74, 6) is 0.370. The van der Waals surface area contributed by atoms with Crippen LogP contribution in [0.4, 0.5) is 11.4 Å². The van der Waals surface area contributed by atoms with Crippen molar-refractivity contribution in [3.05, 3.63) is 18.2 Å². The average Bonchev–Trinajstić information content (AvgIpc) is 2.28. The van der Waals surface area contributed by atoms with Crippen LogP contribution in [-0.4, -0.2) is 40.0 Å². The van der Waals surface area contributed by atoms with Gasteiger partial charge in [-0.05, 0) is 32.1 Å². The highest BCUT2D eigenvalue weighted by atomic mass is 32.2. The van der Waals surface area contributed by atoms with Crippen molar-refractivity contribution in [3.63, 3.8) is 0 Å². The predicted octanol–water partition coefficient (Wildman–Crippen LogP) is 0.914. The Kier molecular flexibility index (Phi) is 5.38. The number of rotatable bonds is 6. The quantitative estimate of drug-likeness (QED) is 0.678. The summed E-state index contributed by atoms with van der Waals surface area (Å²) in [4.78, 5) is 2.02. The van der Waals surface area contributed by atoms with Crippen LogP contribution in [0, 0.1) is 5.92 Å². The minimum atomic E-state index is -3.81. The van der Waals surface area contributed by atoms with Gasteiger partial charge in [-0.1, -0.05) is 19.9 Å². The van der Waals surface area contributed by atoms with Crippen LogP contribution in [0.25, 0.3) is 0 Å². The van der Waals surface area contributed by atoms with E-state index < -0.39 is 10.0 Å². The molecule has 0 bridgehead atoms. The first-order valence-electron chi connectivity index (χ1n) is 6.45. The molecule has 1 aromatic carbocycles. The number of nitrogen functional groups attached to an aromatic ring is 1. The maximum absolute atomic E-state index is 11.5. The fourth-order valence-electron chi connectivity index (χ4n) is 1.93. The van der Waals surface area contributed by atoms with E-state index in [1.807, 2.05) is 14.1 Å². The number of benzene rings is 1. The lowest BCUT2D eigenvalue weighted by molar-refractivity contribution is 0.344. The summed E-state index contributed by atoms with van der Waals surface area (Å²) in [5.41, 5.74) is 6.67. The normalized spacial score (nSPS) is 13.8. The van der Waals surface area contributed by atoms with E-state index in [4.69, 9.17) is 10.9 Å². The average molecular weight is 300 g/mol. The van der Waals surface area contributed by atoms with Gasteiger partial charge in [-0.3, -0.25) is 0 Å². The van der Waals surface area contributed by atoms with Gasteiger partial charge < -0.3 is 16.0 Å². The number of sulfonamides is 1. The first kappa shape index (κ1) is 16.7. The molecule has 0 amide bonds. The molecule has 6 nitrogen and oxygen atoms in total. The van der Waals surface area contributed by atoms with E-state index in [1.54, 1.807) is 12.1 Å². The summed E-state index contributed by atoms with van der Waals surface area (Å²) < 4.78 is 22.9. The van der Waals surface area contributed by atoms with Crippen molar-refractivity contribution in [3.8, 4) is 0 Å². The van der Waals surface area contributed by atoms with Crippen LogP contribution in [0.5, 0.6) is 0 Å². The van der Waals surface area contributed by atoms with Gasteiger partial charge in [0.25, 0.3) is 0 Å². The van der Waals surface area contributed by atoms with Crippen LogP contribution in [0.2, 0.25) is 0 Å². The molecule has 1 rings (SSSR count). The summed E-state index contributed by atoms with van der Waals surface area (Å²) in [5, 5.41) is 8.46. The van der Waals surface area contributed by atoms with Crippen LogP contribution >= 0.6 is 0 Å². The second kappa shape index (κ2) is 6.43. The summed E-state index contributed by atoms with van der Waals surface area (Å²) in [6.07, 6.45) is 0. The van der Waals surface area contributed by atoms with Gasteiger partial charge in [0.1, 0.15) is 4.90 Å². The molecular weight excluding hydrogens is 276 g/mol. The second-order valence-corrected chi connectivity index (χ2v) is 7.05. The zero-order valence-electron chi connectivity index (χ0n) is 12.4. The standard InChI is InChI=1S/C13H24N4O2S/c1-9(2)11(8-17(3)4)16-10-6-5-7-12(13(10)14)20(15,18)19/h5-7,9,11,16H,8,14H2,1-4H3,(H2,15,18,19). The predicted molar refractivity (Wildman–Crippen MR) is 83.0 cm³/mol. The topological polar surface area (TPSA) is 101 Å². The molecule has 0 aromatic heterocycles. The van der Waals surface area contributed by atoms with Gasteiger partial charge in [-0.2, -0.15) is 0 Å². The number of anilines is 2. The van der Waals surface area contributed by atoms with E-state index >= 15 is 0 Å². The van der Waals surface area contributed by atoms with E-state index in [2.05, 4.69) is 24.1 Å². The molecule has 0 aliphatic heterocycles. The lowest BCUT2D eigenvalue weighted by Gasteiger charge is -2.27. The van der Waals surface area contributed by atoms with Gasteiger partial charge in [-0.15, -0.1) is 0 Å². The van der Waals surface area contributed by atoms with Crippen molar-refractivity contribution in [1.29, 1.82) is 0 Å². The molecule has 0 heterocycles. The SMILES string of the molecule is CC(C)C(CN(C)C)Nc1cccc(S(N)(=O)=O)c1N. The lowest BCUT2D eigenvalue weighted by Crippen LogP contribution is -2.36. The first-order valence-corrected chi connectivity index (χ1v) is 8.00. The number of hydrogen-bond acceptors (Lipinski definition) is 5. The molecule has 7 heteroatoms. The summed E-state index contributed by atoms with van der Waals surface area (Å²) in [6.45, 7) is 5.01. The Morgan fingerprint density at radius 3 is 2.35 bits per heavy atom. The van der Waals surface area contributed by atoms with Gasteiger partial charge in [-0.25, -0.2) is 13.6 Å². The number of para-hydroxylation sites is 1. The molecule has 5 N–H and O–H groups in total. The molecule has 0 aliphatic carbocycles. The van der Waals surface area contributed by atoms with Gasteiger partial charge >= 0.3 is 0 Å². The molecule has 0 saturated heterocycles. The number of primary sulfonamides is 1. The van der Waals surface area contributed by atoms with Crippen LogP contribution in [0.1, 0.15) is 13.8 Å². The molecular formula is C13H24N4O2S. The summed E-state index contributed by atoms with van der Waals surface area (Å²) in [7, 11) is 0.164. The largest absolute Gasteiger partial charge is 0.396 e. The molecule has 0 aliphatic rings. The van der Waals surface area contributed by atoms with Gasteiger partial charge in [0.15, 0.2) is 0 Å². The molecule has 1 aromatic rings. The molecule has 114 valence electrons. The molecule has 0 spiro atoms. The Morgan fingerprint density at radius 1 is 1.30 bits per heavy atom. The number of likely N-dealkylation sites (N-methyl/N-ethyl adjacent to an activating group) is 1. The van der Waals surface area contributed by atoms with Gasteiger partial charge in [0, 0.05) is 12.6 Å². The van der Waals surface area contributed by atoms with Crippen LogP contribution in [0.3, 0.4) is 0 Å². The monoisotopic (exact) mass is 300 g/mol.